The van der Waals surface area contributed by atoms with Gasteiger partial charge in [-0.25, -0.2) is 9.37 Å². The maximum Gasteiger partial charge on any atom is 0.237 e. The third kappa shape index (κ3) is 4.15. The van der Waals surface area contributed by atoms with E-state index in [9.17, 15) is 9.18 Å². The summed E-state index contributed by atoms with van der Waals surface area (Å²) in [6.07, 6.45) is 0.756. The first-order valence-electron chi connectivity index (χ1n) is 6.34. The van der Waals surface area contributed by atoms with Gasteiger partial charge in [0.05, 0.1) is 10.9 Å². The van der Waals surface area contributed by atoms with E-state index in [0.717, 1.165) is 16.6 Å². The maximum atomic E-state index is 13.6. The number of hydrogen-bond donors (Lipinski definition) is 2. The molecule has 0 fully saturated rings. The van der Waals surface area contributed by atoms with E-state index in [2.05, 4.69) is 14.7 Å². The third-order valence-electron chi connectivity index (χ3n) is 2.66. The summed E-state index contributed by atoms with van der Waals surface area (Å²) >= 11 is 2.56. The lowest BCUT2D eigenvalue weighted by Gasteiger charge is -2.11. The SMILES string of the molecule is CCc1nsc(SC(C)C(=O)Nc2cc(N)ccc2F)n1. The number of rotatable bonds is 5. The molecule has 8 heteroatoms. The second kappa shape index (κ2) is 6.86. The molecule has 1 aromatic carbocycles. The molecular formula is C13H15FN4OS2. The van der Waals surface area contributed by atoms with Crippen LogP contribution in [-0.2, 0) is 11.2 Å². The highest BCUT2D eigenvalue weighted by Crippen LogP contribution is 2.26. The van der Waals surface area contributed by atoms with Gasteiger partial charge in [-0.3, -0.25) is 4.79 Å². The Hall–Kier alpha value is -1.67. The van der Waals surface area contributed by atoms with Gasteiger partial charge in [0.15, 0.2) is 4.34 Å². The second-order valence-corrected chi connectivity index (χ2v) is 6.66. The van der Waals surface area contributed by atoms with Crippen molar-refractivity contribution in [2.24, 2.45) is 0 Å². The van der Waals surface area contributed by atoms with Gasteiger partial charge in [-0.05, 0) is 36.7 Å². The quantitative estimate of drug-likeness (QED) is 0.652. The van der Waals surface area contributed by atoms with E-state index in [-0.39, 0.29) is 11.6 Å². The summed E-state index contributed by atoms with van der Waals surface area (Å²) in [5.74, 6) is -0.0614. The molecule has 2 rings (SSSR count). The van der Waals surface area contributed by atoms with Crippen LogP contribution in [0.15, 0.2) is 22.5 Å². The number of halogens is 1. The second-order valence-electron chi connectivity index (χ2n) is 4.32. The Labute approximate surface area is 130 Å². The van der Waals surface area contributed by atoms with Crippen LogP contribution in [0.2, 0.25) is 0 Å². The molecule has 1 atom stereocenters. The predicted octanol–water partition coefficient (Wildman–Crippen LogP) is 2.94. The number of hydrogen-bond acceptors (Lipinski definition) is 6. The summed E-state index contributed by atoms with van der Waals surface area (Å²) in [5.41, 5.74) is 6.06. The summed E-state index contributed by atoms with van der Waals surface area (Å²) < 4.78 is 18.5. The number of thioether (sulfide) groups is 1. The van der Waals surface area contributed by atoms with Crippen LogP contribution in [0.1, 0.15) is 19.7 Å². The van der Waals surface area contributed by atoms with Gasteiger partial charge in [0.2, 0.25) is 5.91 Å². The fraction of sp³-hybridized carbons (Fsp3) is 0.308. The molecule has 0 radical (unpaired) electrons. The van der Waals surface area contributed by atoms with Crippen molar-refractivity contribution in [3.63, 3.8) is 0 Å². The number of amides is 1. The Balaban J connectivity index is 2.00. The molecule has 1 amide bonds. The van der Waals surface area contributed by atoms with Gasteiger partial charge >= 0.3 is 0 Å². The number of carbonyl (C=O) groups is 1. The molecule has 1 aromatic heterocycles. The predicted molar refractivity (Wildman–Crippen MR) is 84.0 cm³/mol. The van der Waals surface area contributed by atoms with Gasteiger partial charge < -0.3 is 11.1 Å². The Bertz CT molecular complexity index is 647. The molecule has 0 saturated carbocycles. The molecule has 1 unspecified atom stereocenters. The van der Waals surface area contributed by atoms with E-state index in [1.165, 1.54) is 41.5 Å². The molecule has 0 saturated heterocycles. The Morgan fingerprint density at radius 3 is 3.00 bits per heavy atom. The van der Waals surface area contributed by atoms with Crippen molar-refractivity contribution in [1.82, 2.24) is 9.36 Å². The van der Waals surface area contributed by atoms with Gasteiger partial charge in [-0.15, -0.1) is 0 Å². The molecule has 2 aromatic rings. The minimum absolute atomic E-state index is 0.0824. The van der Waals surface area contributed by atoms with E-state index in [4.69, 9.17) is 5.73 Å². The summed E-state index contributed by atoms with van der Waals surface area (Å²) in [5, 5.41) is 2.12. The lowest BCUT2D eigenvalue weighted by atomic mass is 10.2. The number of nitrogens with two attached hydrogens (primary N) is 1. The van der Waals surface area contributed by atoms with E-state index < -0.39 is 11.1 Å². The number of nitrogens with zero attached hydrogens (tertiary/aromatic N) is 2. The number of aryl methyl sites for hydroxylation is 1. The summed E-state index contributed by atoms with van der Waals surface area (Å²) in [7, 11) is 0. The summed E-state index contributed by atoms with van der Waals surface area (Å²) in [4.78, 5) is 16.4. The number of carbonyl (C=O) groups excluding carboxylic acids is 1. The first-order valence-corrected chi connectivity index (χ1v) is 8.00. The molecule has 0 aliphatic carbocycles. The highest BCUT2D eigenvalue weighted by molar-refractivity contribution is 8.02. The summed E-state index contributed by atoms with van der Waals surface area (Å²) in [6.45, 7) is 3.70. The van der Waals surface area contributed by atoms with Crippen LogP contribution in [-0.4, -0.2) is 20.5 Å². The van der Waals surface area contributed by atoms with Crippen LogP contribution >= 0.6 is 23.3 Å². The average molecular weight is 326 g/mol. The number of benzene rings is 1. The van der Waals surface area contributed by atoms with E-state index >= 15 is 0 Å². The molecule has 3 N–H and O–H groups in total. The molecule has 0 aliphatic rings. The molecule has 1 heterocycles. The standard InChI is InChI=1S/C13H15FN4OS2/c1-3-11-17-13(21-18-11)20-7(2)12(19)16-10-6-8(15)4-5-9(10)14/h4-7H,3,15H2,1-2H3,(H,16,19). The highest BCUT2D eigenvalue weighted by atomic mass is 32.2. The van der Waals surface area contributed by atoms with Crippen molar-refractivity contribution in [1.29, 1.82) is 0 Å². The van der Waals surface area contributed by atoms with E-state index in [0.29, 0.717) is 5.69 Å². The first kappa shape index (κ1) is 15.7. The molecular weight excluding hydrogens is 311 g/mol. The van der Waals surface area contributed by atoms with Crippen LogP contribution in [0.4, 0.5) is 15.8 Å². The van der Waals surface area contributed by atoms with Crippen molar-refractivity contribution >= 4 is 40.6 Å². The van der Waals surface area contributed by atoms with Gasteiger partial charge in [0.1, 0.15) is 11.6 Å². The van der Waals surface area contributed by atoms with Crippen LogP contribution < -0.4 is 11.1 Å². The Morgan fingerprint density at radius 2 is 2.33 bits per heavy atom. The topological polar surface area (TPSA) is 80.9 Å². The fourth-order valence-corrected chi connectivity index (χ4v) is 3.35. The van der Waals surface area contributed by atoms with Crippen molar-refractivity contribution in [3.05, 3.63) is 29.8 Å². The van der Waals surface area contributed by atoms with Crippen molar-refractivity contribution < 1.29 is 9.18 Å². The van der Waals surface area contributed by atoms with Crippen molar-refractivity contribution in [2.75, 3.05) is 11.1 Å². The van der Waals surface area contributed by atoms with Crippen molar-refractivity contribution in [2.45, 2.75) is 29.9 Å². The molecule has 0 bridgehead atoms. The fourth-order valence-electron chi connectivity index (χ4n) is 1.51. The molecule has 21 heavy (non-hydrogen) atoms. The van der Waals surface area contributed by atoms with Crippen LogP contribution in [0.5, 0.6) is 0 Å². The third-order valence-corrected chi connectivity index (χ3v) is 4.58. The first-order chi connectivity index (χ1) is 9.99. The molecule has 112 valence electrons. The molecule has 5 nitrogen and oxygen atoms in total. The zero-order valence-electron chi connectivity index (χ0n) is 11.6. The van der Waals surface area contributed by atoms with Gasteiger partial charge in [0.25, 0.3) is 0 Å². The Kier molecular flexibility index (Phi) is 5.13. The van der Waals surface area contributed by atoms with Crippen molar-refractivity contribution in [3.8, 4) is 0 Å². The van der Waals surface area contributed by atoms with Crippen LogP contribution in [0, 0.1) is 5.82 Å². The minimum atomic E-state index is -0.515. The average Bonchev–Trinajstić information content (AvgIpc) is 2.90. The van der Waals surface area contributed by atoms with Gasteiger partial charge in [0, 0.05) is 12.1 Å². The smallest absolute Gasteiger partial charge is 0.237 e. The normalized spacial score (nSPS) is 12.1. The van der Waals surface area contributed by atoms with Gasteiger partial charge in [-0.1, -0.05) is 18.7 Å². The largest absolute Gasteiger partial charge is 0.399 e. The monoisotopic (exact) mass is 326 g/mol. The minimum Gasteiger partial charge on any atom is -0.399 e. The van der Waals surface area contributed by atoms with Gasteiger partial charge in [-0.2, -0.15) is 4.37 Å². The van der Waals surface area contributed by atoms with E-state index in [1.54, 1.807) is 6.92 Å². The Morgan fingerprint density at radius 1 is 1.57 bits per heavy atom. The molecule has 0 spiro atoms. The lowest BCUT2D eigenvalue weighted by molar-refractivity contribution is -0.115. The summed E-state index contributed by atoms with van der Waals surface area (Å²) in [6, 6.07) is 4.06. The lowest BCUT2D eigenvalue weighted by Crippen LogP contribution is -2.23. The number of aromatic nitrogens is 2. The maximum absolute atomic E-state index is 13.6. The highest BCUT2D eigenvalue weighted by Gasteiger charge is 2.18. The number of nitrogens with one attached hydrogen (secondary N) is 1. The van der Waals surface area contributed by atoms with E-state index in [1.807, 2.05) is 6.92 Å². The zero-order valence-corrected chi connectivity index (χ0v) is 13.2. The van der Waals surface area contributed by atoms with Crippen LogP contribution in [0.25, 0.3) is 0 Å². The van der Waals surface area contributed by atoms with Crippen LogP contribution in [0.3, 0.4) is 0 Å². The number of nitrogen functional groups attached to an aromatic ring is 1. The zero-order chi connectivity index (χ0) is 15.4. The number of anilines is 2. The molecule has 0 aliphatic heterocycles.